The fourth-order valence-corrected chi connectivity index (χ4v) is 3.82. The summed E-state index contributed by atoms with van der Waals surface area (Å²) in [5.74, 6) is 0. The summed E-state index contributed by atoms with van der Waals surface area (Å²) in [5.41, 5.74) is 8.98. The molecule has 104 valence electrons. The minimum atomic E-state index is -0.346. The Labute approximate surface area is 121 Å². The van der Waals surface area contributed by atoms with Crippen molar-refractivity contribution >= 4 is 33.5 Å². The summed E-state index contributed by atoms with van der Waals surface area (Å²) in [4.78, 5) is 0. The molecular formula is C16H16ClNO2. The Morgan fingerprint density at radius 2 is 1.60 bits per heavy atom. The van der Waals surface area contributed by atoms with Crippen molar-refractivity contribution in [2.24, 2.45) is 5.73 Å². The Kier molecular flexibility index (Phi) is 2.63. The van der Waals surface area contributed by atoms with Crippen molar-refractivity contribution in [2.75, 3.05) is 0 Å². The lowest BCUT2D eigenvalue weighted by Gasteiger charge is -2.34. The summed E-state index contributed by atoms with van der Waals surface area (Å²) < 4.78 is 11.3. The summed E-state index contributed by atoms with van der Waals surface area (Å²) >= 11 is 6.42. The summed E-state index contributed by atoms with van der Waals surface area (Å²) in [6, 6.07) is 3.83. The second-order valence-corrected chi connectivity index (χ2v) is 6.11. The number of nitrogens with two attached hydrogens (primary N) is 1. The molecule has 0 amide bonds. The zero-order valence-corrected chi connectivity index (χ0v) is 11.9. The molecule has 1 aliphatic carbocycles. The van der Waals surface area contributed by atoms with Crippen LogP contribution in [0.15, 0.2) is 33.5 Å². The van der Waals surface area contributed by atoms with E-state index < -0.39 is 0 Å². The molecule has 2 aromatic heterocycles. The van der Waals surface area contributed by atoms with Gasteiger partial charge in [0.2, 0.25) is 0 Å². The van der Waals surface area contributed by atoms with Gasteiger partial charge in [0.05, 0.1) is 17.5 Å². The zero-order chi connectivity index (χ0) is 13.7. The molecule has 2 N–H and O–H groups in total. The van der Waals surface area contributed by atoms with Crippen molar-refractivity contribution in [1.29, 1.82) is 0 Å². The van der Waals surface area contributed by atoms with Crippen molar-refractivity contribution in [3.05, 3.63) is 35.2 Å². The summed E-state index contributed by atoms with van der Waals surface area (Å²) in [7, 11) is 0. The van der Waals surface area contributed by atoms with Crippen LogP contribution in [0.25, 0.3) is 21.9 Å². The molecule has 3 aromatic rings. The molecule has 0 spiro atoms. The van der Waals surface area contributed by atoms with Gasteiger partial charge in [-0.25, -0.2) is 0 Å². The average molecular weight is 290 g/mol. The summed E-state index contributed by atoms with van der Waals surface area (Å²) in [6.45, 7) is 0. The quantitative estimate of drug-likeness (QED) is 0.689. The van der Waals surface area contributed by atoms with Crippen molar-refractivity contribution in [2.45, 2.75) is 37.6 Å². The van der Waals surface area contributed by atoms with E-state index >= 15 is 0 Å². The van der Waals surface area contributed by atoms with Crippen LogP contribution in [-0.2, 0) is 5.54 Å². The molecule has 4 rings (SSSR count). The predicted molar refractivity (Wildman–Crippen MR) is 79.9 cm³/mol. The number of rotatable bonds is 1. The lowest BCUT2D eigenvalue weighted by atomic mass is 9.76. The van der Waals surface area contributed by atoms with Gasteiger partial charge in [0, 0.05) is 21.9 Å². The molecule has 0 bridgehead atoms. The monoisotopic (exact) mass is 289 g/mol. The molecule has 4 heteroatoms. The highest BCUT2D eigenvalue weighted by molar-refractivity contribution is 6.40. The Morgan fingerprint density at radius 3 is 2.35 bits per heavy atom. The third-order valence-corrected chi connectivity index (χ3v) is 4.88. The molecule has 2 heterocycles. The maximum Gasteiger partial charge on any atom is 0.153 e. The van der Waals surface area contributed by atoms with Gasteiger partial charge in [-0.2, -0.15) is 0 Å². The van der Waals surface area contributed by atoms with Crippen LogP contribution in [-0.4, -0.2) is 0 Å². The Bertz CT molecular complexity index is 729. The van der Waals surface area contributed by atoms with Crippen LogP contribution >= 0.6 is 11.6 Å². The van der Waals surface area contributed by atoms with Crippen LogP contribution in [0.4, 0.5) is 0 Å². The third kappa shape index (κ3) is 1.57. The second-order valence-electron chi connectivity index (χ2n) is 5.73. The van der Waals surface area contributed by atoms with E-state index in [9.17, 15) is 0 Å². The normalized spacial score (nSPS) is 18.9. The van der Waals surface area contributed by atoms with E-state index in [2.05, 4.69) is 0 Å². The van der Waals surface area contributed by atoms with E-state index in [0.29, 0.717) is 10.6 Å². The van der Waals surface area contributed by atoms with Crippen molar-refractivity contribution in [1.82, 2.24) is 0 Å². The van der Waals surface area contributed by atoms with E-state index in [1.807, 2.05) is 12.1 Å². The Morgan fingerprint density at radius 1 is 0.950 bits per heavy atom. The fraction of sp³-hybridized carbons (Fsp3) is 0.375. The minimum absolute atomic E-state index is 0.346. The van der Waals surface area contributed by atoms with Crippen molar-refractivity contribution < 1.29 is 8.83 Å². The van der Waals surface area contributed by atoms with Gasteiger partial charge in [0.15, 0.2) is 5.58 Å². The maximum absolute atomic E-state index is 6.74. The molecule has 20 heavy (non-hydrogen) atoms. The average Bonchev–Trinajstić information content (AvgIpc) is 3.08. The molecule has 0 aliphatic heterocycles. The third-order valence-electron chi connectivity index (χ3n) is 4.51. The predicted octanol–water partition coefficient (Wildman–Crippen LogP) is 4.95. The van der Waals surface area contributed by atoms with Crippen molar-refractivity contribution in [3.8, 4) is 0 Å². The summed E-state index contributed by atoms with van der Waals surface area (Å²) in [6.07, 6.45) is 8.86. The minimum Gasteiger partial charge on any atom is -0.464 e. The first kappa shape index (κ1) is 12.3. The number of benzene rings is 1. The lowest BCUT2D eigenvalue weighted by molar-refractivity contribution is 0.304. The van der Waals surface area contributed by atoms with E-state index in [1.165, 1.54) is 6.42 Å². The number of fused-ring (bicyclic) bond motifs is 2. The Balaban J connectivity index is 2.11. The van der Waals surface area contributed by atoms with Gasteiger partial charge in [-0.05, 0) is 25.0 Å². The first-order valence-corrected chi connectivity index (χ1v) is 7.44. The molecule has 0 saturated heterocycles. The van der Waals surface area contributed by atoms with E-state index in [1.54, 1.807) is 12.5 Å². The van der Waals surface area contributed by atoms with Gasteiger partial charge in [-0.1, -0.05) is 30.9 Å². The van der Waals surface area contributed by atoms with Gasteiger partial charge in [-0.15, -0.1) is 0 Å². The fourth-order valence-electron chi connectivity index (χ4n) is 3.52. The van der Waals surface area contributed by atoms with E-state index in [-0.39, 0.29) is 5.54 Å². The van der Waals surface area contributed by atoms with Gasteiger partial charge in [0.25, 0.3) is 0 Å². The van der Waals surface area contributed by atoms with Crippen LogP contribution in [0.3, 0.4) is 0 Å². The van der Waals surface area contributed by atoms with Crippen LogP contribution in [0.1, 0.15) is 37.7 Å². The standard InChI is InChI=1S/C16H16ClNO2/c17-13-11-5-9-19-14(11)12(10-4-8-20-15(10)13)16(18)6-2-1-3-7-16/h4-5,8-9H,1-3,6-7,18H2. The smallest absolute Gasteiger partial charge is 0.153 e. The molecule has 1 aromatic carbocycles. The second kappa shape index (κ2) is 4.27. The van der Waals surface area contributed by atoms with Gasteiger partial charge in [0.1, 0.15) is 5.58 Å². The summed E-state index contributed by atoms with van der Waals surface area (Å²) in [5, 5.41) is 2.48. The number of hydrogen-bond acceptors (Lipinski definition) is 3. The number of hydrogen-bond donors (Lipinski definition) is 1. The molecule has 0 radical (unpaired) electrons. The zero-order valence-electron chi connectivity index (χ0n) is 11.1. The number of halogens is 1. The highest BCUT2D eigenvalue weighted by Gasteiger charge is 2.35. The van der Waals surface area contributed by atoms with E-state index in [0.717, 1.165) is 47.6 Å². The first-order chi connectivity index (χ1) is 9.71. The molecule has 1 aliphatic rings. The molecule has 1 fully saturated rings. The largest absolute Gasteiger partial charge is 0.464 e. The highest BCUT2D eigenvalue weighted by Crippen LogP contribution is 2.45. The molecule has 1 saturated carbocycles. The highest BCUT2D eigenvalue weighted by atomic mass is 35.5. The van der Waals surface area contributed by atoms with Crippen molar-refractivity contribution in [3.63, 3.8) is 0 Å². The Hall–Kier alpha value is -1.45. The maximum atomic E-state index is 6.74. The topological polar surface area (TPSA) is 52.3 Å². The van der Waals surface area contributed by atoms with Crippen LogP contribution in [0, 0.1) is 0 Å². The lowest BCUT2D eigenvalue weighted by Crippen LogP contribution is -2.38. The molecule has 3 nitrogen and oxygen atoms in total. The SMILES string of the molecule is NC1(c2c3ccoc3c(Cl)c3ccoc23)CCCCC1. The van der Waals surface area contributed by atoms with Crippen LogP contribution < -0.4 is 5.73 Å². The van der Waals surface area contributed by atoms with E-state index in [4.69, 9.17) is 26.2 Å². The van der Waals surface area contributed by atoms with Gasteiger partial charge >= 0.3 is 0 Å². The van der Waals surface area contributed by atoms with Crippen LogP contribution in [0.2, 0.25) is 5.02 Å². The molecule has 0 atom stereocenters. The van der Waals surface area contributed by atoms with Crippen LogP contribution in [0.5, 0.6) is 0 Å². The number of furan rings is 2. The molecular weight excluding hydrogens is 274 g/mol. The molecule has 0 unspecified atom stereocenters. The van der Waals surface area contributed by atoms with Gasteiger partial charge < -0.3 is 14.6 Å². The van der Waals surface area contributed by atoms with Gasteiger partial charge in [-0.3, -0.25) is 0 Å². The first-order valence-electron chi connectivity index (χ1n) is 7.06.